The van der Waals surface area contributed by atoms with Gasteiger partial charge in [-0.1, -0.05) is 48.5 Å². The number of esters is 1. The van der Waals surface area contributed by atoms with Crippen molar-refractivity contribution in [3.63, 3.8) is 0 Å². The summed E-state index contributed by atoms with van der Waals surface area (Å²) >= 11 is 0. The number of fused-ring (bicyclic) bond motifs is 1. The Balaban J connectivity index is 1.90. The lowest BCUT2D eigenvalue weighted by Gasteiger charge is -2.20. The number of sulfonamides is 1. The maximum atomic E-state index is 12.9. The number of nitrogens with zero attached hydrogens (tertiary/aromatic N) is 1. The first-order chi connectivity index (χ1) is 11.5. The Morgan fingerprint density at radius 3 is 2.50 bits per heavy atom. The van der Waals surface area contributed by atoms with E-state index in [0.29, 0.717) is 5.69 Å². The number of ether oxygens (including phenoxy) is 1. The van der Waals surface area contributed by atoms with E-state index in [4.69, 9.17) is 4.74 Å². The van der Waals surface area contributed by atoms with Gasteiger partial charge in [0.2, 0.25) is 10.0 Å². The Kier molecular flexibility index (Phi) is 4.57. The normalized spacial score (nSPS) is 16.7. The second-order valence-electron chi connectivity index (χ2n) is 5.81. The van der Waals surface area contributed by atoms with Gasteiger partial charge in [0.05, 0.1) is 25.0 Å². The third-order valence-electron chi connectivity index (χ3n) is 4.20. The van der Waals surface area contributed by atoms with Gasteiger partial charge in [-0.05, 0) is 17.2 Å². The van der Waals surface area contributed by atoms with Crippen LogP contribution >= 0.6 is 0 Å². The third kappa shape index (κ3) is 3.28. The van der Waals surface area contributed by atoms with Crippen molar-refractivity contribution in [2.75, 3.05) is 18.0 Å². The molecule has 0 radical (unpaired) electrons. The molecule has 5 nitrogen and oxygen atoms in total. The summed E-state index contributed by atoms with van der Waals surface area (Å²) in [5.74, 6) is -0.580. The highest BCUT2D eigenvalue weighted by Crippen LogP contribution is 2.40. The molecule has 0 aliphatic carbocycles. The molecule has 2 aromatic carbocycles. The number of hydrogen-bond donors (Lipinski definition) is 0. The van der Waals surface area contributed by atoms with E-state index in [-0.39, 0.29) is 30.6 Å². The minimum Gasteiger partial charge on any atom is -0.469 e. The Morgan fingerprint density at radius 1 is 1.12 bits per heavy atom. The van der Waals surface area contributed by atoms with Crippen molar-refractivity contribution in [2.24, 2.45) is 0 Å². The Morgan fingerprint density at radius 2 is 1.79 bits per heavy atom. The van der Waals surface area contributed by atoms with E-state index in [1.54, 1.807) is 18.2 Å². The molecule has 0 fully saturated rings. The van der Waals surface area contributed by atoms with Crippen molar-refractivity contribution in [1.29, 1.82) is 0 Å². The van der Waals surface area contributed by atoms with Crippen molar-refractivity contribution in [1.82, 2.24) is 0 Å². The molecule has 1 atom stereocenters. The molecule has 0 aromatic heterocycles. The van der Waals surface area contributed by atoms with Gasteiger partial charge in [-0.25, -0.2) is 8.42 Å². The molecule has 1 heterocycles. The predicted octanol–water partition coefficient (Wildman–Crippen LogP) is 2.68. The molecular formula is C18H19NO4S. The largest absolute Gasteiger partial charge is 0.469 e. The van der Waals surface area contributed by atoms with E-state index >= 15 is 0 Å². The number of para-hydroxylation sites is 1. The SMILES string of the molecule is COC(=O)CC1CN(S(=O)(=O)Cc2ccccc2)c2ccccc21. The fourth-order valence-corrected chi connectivity index (χ4v) is 4.68. The van der Waals surface area contributed by atoms with Gasteiger partial charge in [0, 0.05) is 12.5 Å². The second kappa shape index (κ2) is 6.65. The topological polar surface area (TPSA) is 63.7 Å². The maximum absolute atomic E-state index is 12.9. The van der Waals surface area contributed by atoms with Crippen LogP contribution in [-0.2, 0) is 25.3 Å². The van der Waals surface area contributed by atoms with E-state index in [9.17, 15) is 13.2 Å². The number of carbonyl (C=O) groups excluding carboxylic acids is 1. The molecule has 24 heavy (non-hydrogen) atoms. The number of benzene rings is 2. The van der Waals surface area contributed by atoms with Crippen molar-refractivity contribution in [3.05, 3.63) is 65.7 Å². The summed E-state index contributed by atoms with van der Waals surface area (Å²) in [4.78, 5) is 11.6. The molecule has 0 spiro atoms. The van der Waals surface area contributed by atoms with Crippen molar-refractivity contribution in [2.45, 2.75) is 18.1 Å². The van der Waals surface area contributed by atoms with Crippen molar-refractivity contribution in [3.8, 4) is 0 Å². The van der Waals surface area contributed by atoms with Crippen molar-refractivity contribution >= 4 is 21.7 Å². The van der Waals surface area contributed by atoms with Gasteiger partial charge < -0.3 is 4.74 Å². The van der Waals surface area contributed by atoms with Crippen LogP contribution in [0.3, 0.4) is 0 Å². The lowest BCUT2D eigenvalue weighted by atomic mass is 9.98. The lowest BCUT2D eigenvalue weighted by Crippen LogP contribution is -2.31. The first-order valence-electron chi connectivity index (χ1n) is 7.71. The first-order valence-corrected chi connectivity index (χ1v) is 9.32. The van der Waals surface area contributed by atoms with Crippen LogP contribution in [0.1, 0.15) is 23.5 Å². The minimum atomic E-state index is -3.52. The van der Waals surface area contributed by atoms with Gasteiger partial charge in [-0.15, -0.1) is 0 Å². The standard InChI is InChI=1S/C18H19NO4S/c1-23-18(20)11-15-12-19(17-10-6-5-9-16(15)17)24(21,22)13-14-7-3-2-4-8-14/h2-10,15H,11-13H2,1H3. The van der Waals surface area contributed by atoms with Crippen LogP contribution in [0.25, 0.3) is 0 Å². The fraction of sp³-hybridized carbons (Fsp3) is 0.278. The average molecular weight is 345 g/mol. The highest BCUT2D eigenvalue weighted by atomic mass is 32.2. The minimum absolute atomic E-state index is 0.0624. The van der Waals surface area contributed by atoms with Crippen LogP contribution in [0.5, 0.6) is 0 Å². The zero-order chi connectivity index (χ0) is 17.2. The molecule has 1 unspecified atom stereocenters. The van der Waals surface area contributed by atoms with Gasteiger partial charge >= 0.3 is 5.97 Å². The lowest BCUT2D eigenvalue weighted by molar-refractivity contribution is -0.140. The van der Waals surface area contributed by atoms with Crippen molar-refractivity contribution < 1.29 is 17.9 Å². The summed E-state index contributed by atoms with van der Waals surface area (Å²) in [5.41, 5.74) is 2.27. The molecule has 0 N–H and O–H groups in total. The monoisotopic (exact) mass is 345 g/mol. The average Bonchev–Trinajstić information content (AvgIpc) is 2.95. The van der Waals surface area contributed by atoms with E-state index < -0.39 is 10.0 Å². The maximum Gasteiger partial charge on any atom is 0.306 e. The molecule has 6 heteroatoms. The molecule has 0 saturated heterocycles. The smallest absolute Gasteiger partial charge is 0.306 e. The Labute approximate surface area is 141 Å². The van der Waals surface area contributed by atoms with Crippen LogP contribution < -0.4 is 4.31 Å². The van der Waals surface area contributed by atoms with E-state index in [1.165, 1.54) is 11.4 Å². The van der Waals surface area contributed by atoms with Crippen LogP contribution in [0.2, 0.25) is 0 Å². The quantitative estimate of drug-likeness (QED) is 0.782. The number of methoxy groups -OCH3 is 1. The molecule has 0 amide bonds. The molecule has 0 saturated carbocycles. The summed E-state index contributed by atoms with van der Waals surface area (Å²) < 4.78 is 31.9. The zero-order valence-electron chi connectivity index (χ0n) is 13.4. The number of rotatable bonds is 5. The molecule has 126 valence electrons. The number of anilines is 1. The van der Waals surface area contributed by atoms with Gasteiger partial charge in [0.1, 0.15) is 0 Å². The molecule has 1 aliphatic rings. The summed E-state index contributed by atoms with van der Waals surface area (Å²) in [6, 6.07) is 16.4. The first kappa shape index (κ1) is 16.5. The van der Waals surface area contributed by atoms with Gasteiger partial charge in [0.25, 0.3) is 0 Å². The van der Waals surface area contributed by atoms with E-state index in [2.05, 4.69) is 0 Å². The Hall–Kier alpha value is -2.34. The van der Waals surface area contributed by atoms with Crippen LogP contribution in [-0.4, -0.2) is 28.0 Å². The Bertz CT molecular complexity index is 833. The molecule has 0 bridgehead atoms. The van der Waals surface area contributed by atoms with Crippen LogP contribution in [0.4, 0.5) is 5.69 Å². The molecule has 1 aliphatic heterocycles. The number of hydrogen-bond acceptors (Lipinski definition) is 4. The van der Waals surface area contributed by atoms with Gasteiger partial charge in [-0.3, -0.25) is 9.10 Å². The summed E-state index contributed by atoms with van der Waals surface area (Å²) in [6.07, 6.45) is 0.171. The summed E-state index contributed by atoms with van der Waals surface area (Å²) in [5, 5.41) is 0. The van der Waals surface area contributed by atoms with Gasteiger partial charge in [-0.2, -0.15) is 0 Å². The molecular weight excluding hydrogens is 326 g/mol. The fourth-order valence-electron chi connectivity index (χ4n) is 3.04. The third-order valence-corrected chi connectivity index (χ3v) is 5.92. The zero-order valence-corrected chi connectivity index (χ0v) is 14.2. The van der Waals surface area contributed by atoms with Gasteiger partial charge in [0.15, 0.2) is 0 Å². The van der Waals surface area contributed by atoms with E-state index in [1.807, 2.05) is 36.4 Å². The molecule has 3 rings (SSSR count). The molecule has 2 aromatic rings. The predicted molar refractivity (Wildman–Crippen MR) is 92.2 cm³/mol. The van der Waals surface area contributed by atoms with Crippen LogP contribution in [0, 0.1) is 0 Å². The second-order valence-corrected chi connectivity index (χ2v) is 7.70. The highest BCUT2D eigenvalue weighted by molar-refractivity contribution is 7.92. The van der Waals surface area contributed by atoms with Crippen LogP contribution in [0.15, 0.2) is 54.6 Å². The summed E-state index contributed by atoms with van der Waals surface area (Å²) in [6.45, 7) is 0.267. The summed E-state index contributed by atoms with van der Waals surface area (Å²) in [7, 11) is -2.18. The number of carbonyl (C=O) groups is 1. The highest BCUT2D eigenvalue weighted by Gasteiger charge is 2.36. The van der Waals surface area contributed by atoms with E-state index in [0.717, 1.165) is 11.1 Å².